The summed E-state index contributed by atoms with van der Waals surface area (Å²) in [5.41, 5.74) is 0.512. The van der Waals surface area contributed by atoms with Gasteiger partial charge in [0.25, 0.3) is 0 Å². The maximum absolute atomic E-state index is 12.3. The number of halogens is 2. The number of piperidine rings is 1. The van der Waals surface area contributed by atoms with Crippen molar-refractivity contribution in [1.82, 2.24) is 4.31 Å². The molecule has 1 aliphatic rings. The van der Waals surface area contributed by atoms with Crippen LogP contribution in [0.2, 0.25) is 10.0 Å². The number of sulfonamides is 1. The molecule has 1 heterocycles. The first-order valence-electron chi connectivity index (χ1n) is 7.06. The van der Waals surface area contributed by atoms with Crippen LogP contribution in [0, 0.1) is 5.92 Å². The fraction of sp³-hybridized carbons (Fsp3) is 0.500. The smallest absolute Gasteiger partial charge is 0.228 e. The van der Waals surface area contributed by atoms with Crippen LogP contribution in [0.5, 0.6) is 0 Å². The van der Waals surface area contributed by atoms with Crippen molar-refractivity contribution in [2.75, 3.05) is 24.2 Å². The molecule has 5 nitrogen and oxygen atoms in total. The van der Waals surface area contributed by atoms with Gasteiger partial charge in [0.1, 0.15) is 0 Å². The molecule has 0 aliphatic carbocycles. The molecule has 1 fully saturated rings. The first kappa shape index (κ1) is 17.5. The molecule has 1 saturated heterocycles. The summed E-state index contributed by atoms with van der Waals surface area (Å²) in [5.74, 6) is -0.534. The van der Waals surface area contributed by atoms with Crippen LogP contribution in [0.3, 0.4) is 0 Å². The highest BCUT2D eigenvalue weighted by atomic mass is 35.5. The van der Waals surface area contributed by atoms with Gasteiger partial charge in [-0.05, 0) is 38.0 Å². The molecule has 1 aliphatic heterocycles. The van der Waals surface area contributed by atoms with Crippen molar-refractivity contribution in [3.63, 3.8) is 0 Å². The number of nitrogens with one attached hydrogen (secondary N) is 1. The predicted octanol–water partition coefficient (Wildman–Crippen LogP) is 2.99. The molecule has 0 spiro atoms. The van der Waals surface area contributed by atoms with Crippen LogP contribution in [0.25, 0.3) is 0 Å². The molecule has 122 valence electrons. The van der Waals surface area contributed by atoms with Crippen molar-refractivity contribution in [3.8, 4) is 0 Å². The first-order chi connectivity index (χ1) is 10.3. The van der Waals surface area contributed by atoms with Gasteiger partial charge in [-0.3, -0.25) is 4.79 Å². The lowest BCUT2D eigenvalue weighted by Gasteiger charge is -2.30. The Hall–Kier alpha value is -0.820. The van der Waals surface area contributed by atoms with Gasteiger partial charge in [0.05, 0.1) is 11.7 Å². The minimum Gasteiger partial charge on any atom is -0.326 e. The number of benzene rings is 1. The third-order valence-corrected chi connectivity index (χ3v) is 5.93. The van der Waals surface area contributed by atoms with Gasteiger partial charge in [0, 0.05) is 28.8 Å². The summed E-state index contributed by atoms with van der Waals surface area (Å²) in [6.07, 6.45) is 1.34. The number of hydrogen-bond acceptors (Lipinski definition) is 3. The molecule has 22 heavy (non-hydrogen) atoms. The van der Waals surface area contributed by atoms with Gasteiger partial charge < -0.3 is 5.32 Å². The summed E-state index contributed by atoms with van der Waals surface area (Å²) in [7, 11) is -3.26. The van der Waals surface area contributed by atoms with Crippen LogP contribution in [0.15, 0.2) is 18.2 Å². The second-order valence-corrected chi connectivity index (χ2v) is 8.38. The predicted molar refractivity (Wildman–Crippen MR) is 88.8 cm³/mol. The normalized spacial score (nSPS) is 19.9. The molecule has 1 aromatic carbocycles. The van der Waals surface area contributed by atoms with E-state index in [1.807, 2.05) is 0 Å². The van der Waals surface area contributed by atoms with Gasteiger partial charge >= 0.3 is 0 Å². The third-order valence-electron chi connectivity index (χ3n) is 3.64. The topological polar surface area (TPSA) is 66.5 Å². The zero-order valence-electron chi connectivity index (χ0n) is 12.2. The quantitative estimate of drug-likeness (QED) is 0.892. The second kappa shape index (κ2) is 7.17. The summed E-state index contributed by atoms with van der Waals surface area (Å²) in [5, 5.41) is 3.62. The Kier molecular flexibility index (Phi) is 5.71. The highest BCUT2D eigenvalue weighted by Crippen LogP contribution is 2.25. The van der Waals surface area contributed by atoms with E-state index in [2.05, 4.69) is 5.32 Å². The van der Waals surface area contributed by atoms with E-state index in [1.165, 1.54) is 4.31 Å². The SMILES string of the molecule is CCS(=O)(=O)N1CCC[C@H](C(=O)Nc2cc(Cl)cc(Cl)c2)C1. The molecule has 0 saturated carbocycles. The maximum Gasteiger partial charge on any atom is 0.228 e. The third kappa shape index (κ3) is 4.35. The fourth-order valence-corrected chi connectivity index (χ4v) is 4.17. The lowest BCUT2D eigenvalue weighted by atomic mass is 9.99. The lowest BCUT2D eigenvalue weighted by molar-refractivity contribution is -0.120. The van der Waals surface area contributed by atoms with E-state index in [4.69, 9.17) is 23.2 Å². The largest absolute Gasteiger partial charge is 0.326 e. The van der Waals surface area contributed by atoms with E-state index in [9.17, 15) is 13.2 Å². The van der Waals surface area contributed by atoms with Crippen molar-refractivity contribution in [2.24, 2.45) is 5.92 Å². The average molecular weight is 365 g/mol. The molecular formula is C14H18Cl2N2O3S. The van der Waals surface area contributed by atoms with Crippen LogP contribution in [-0.2, 0) is 14.8 Å². The van der Waals surface area contributed by atoms with E-state index in [-0.39, 0.29) is 24.1 Å². The Balaban J connectivity index is 2.06. The minimum absolute atomic E-state index is 0.0469. The number of hydrogen-bond donors (Lipinski definition) is 1. The molecule has 1 aromatic rings. The molecule has 0 radical (unpaired) electrons. The number of nitrogens with zero attached hydrogens (tertiary/aromatic N) is 1. The van der Waals surface area contributed by atoms with Crippen molar-refractivity contribution < 1.29 is 13.2 Å². The van der Waals surface area contributed by atoms with Crippen LogP contribution in [-0.4, -0.2) is 37.5 Å². The molecule has 1 atom stereocenters. The highest BCUT2D eigenvalue weighted by molar-refractivity contribution is 7.89. The summed E-state index contributed by atoms with van der Waals surface area (Å²) in [4.78, 5) is 12.3. The number of rotatable bonds is 4. The van der Waals surface area contributed by atoms with Gasteiger partial charge in [-0.2, -0.15) is 0 Å². The van der Waals surface area contributed by atoms with Gasteiger partial charge in [-0.1, -0.05) is 23.2 Å². The number of carbonyl (C=O) groups is 1. The lowest BCUT2D eigenvalue weighted by Crippen LogP contribution is -2.44. The zero-order chi connectivity index (χ0) is 16.3. The van der Waals surface area contributed by atoms with E-state index >= 15 is 0 Å². The highest BCUT2D eigenvalue weighted by Gasteiger charge is 2.31. The second-order valence-electron chi connectivity index (χ2n) is 5.25. The minimum atomic E-state index is -3.26. The van der Waals surface area contributed by atoms with Crippen molar-refractivity contribution in [2.45, 2.75) is 19.8 Å². The summed E-state index contributed by atoms with van der Waals surface area (Å²) >= 11 is 11.8. The van der Waals surface area contributed by atoms with E-state index < -0.39 is 10.0 Å². The standard InChI is InChI=1S/C14H18Cl2N2O3S/c1-2-22(20,21)18-5-3-4-10(9-18)14(19)17-13-7-11(15)6-12(16)8-13/h6-8,10H,2-5,9H2,1H3,(H,17,19)/t10-/m0/s1. The van der Waals surface area contributed by atoms with E-state index in [0.29, 0.717) is 35.1 Å². The number of amides is 1. The molecule has 0 unspecified atom stereocenters. The molecular weight excluding hydrogens is 347 g/mol. The Bertz CT molecular complexity index is 644. The fourth-order valence-electron chi connectivity index (χ4n) is 2.46. The van der Waals surface area contributed by atoms with Gasteiger partial charge in [-0.15, -0.1) is 0 Å². The van der Waals surface area contributed by atoms with Crippen molar-refractivity contribution in [3.05, 3.63) is 28.2 Å². The van der Waals surface area contributed by atoms with Gasteiger partial charge in [-0.25, -0.2) is 12.7 Å². The Morgan fingerprint density at radius 3 is 2.55 bits per heavy atom. The van der Waals surface area contributed by atoms with Crippen LogP contribution >= 0.6 is 23.2 Å². The number of anilines is 1. The summed E-state index contributed by atoms with van der Waals surface area (Å²) in [6.45, 7) is 2.30. The van der Waals surface area contributed by atoms with Gasteiger partial charge in [0.2, 0.25) is 15.9 Å². The molecule has 1 N–H and O–H groups in total. The van der Waals surface area contributed by atoms with Gasteiger partial charge in [0.15, 0.2) is 0 Å². The van der Waals surface area contributed by atoms with E-state index in [1.54, 1.807) is 25.1 Å². The van der Waals surface area contributed by atoms with Crippen LogP contribution in [0.1, 0.15) is 19.8 Å². The van der Waals surface area contributed by atoms with Crippen LogP contribution in [0.4, 0.5) is 5.69 Å². The van der Waals surface area contributed by atoms with E-state index in [0.717, 1.165) is 0 Å². The molecule has 8 heteroatoms. The monoisotopic (exact) mass is 364 g/mol. The first-order valence-corrected chi connectivity index (χ1v) is 9.43. The molecule has 0 aromatic heterocycles. The summed E-state index contributed by atoms with van der Waals surface area (Å²) < 4.78 is 25.3. The summed E-state index contributed by atoms with van der Waals surface area (Å²) in [6, 6.07) is 4.79. The molecule has 0 bridgehead atoms. The van der Waals surface area contributed by atoms with Crippen molar-refractivity contribution >= 4 is 44.8 Å². The Morgan fingerprint density at radius 1 is 1.32 bits per heavy atom. The molecule has 2 rings (SSSR count). The van der Waals surface area contributed by atoms with Crippen molar-refractivity contribution in [1.29, 1.82) is 0 Å². The van der Waals surface area contributed by atoms with Crippen LogP contribution < -0.4 is 5.32 Å². The number of carbonyl (C=O) groups excluding carboxylic acids is 1. The average Bonchev–Trinajstić information content (AvgIpc) is 2.46. The Labute approximate surface area is 140 Å². The maximum atomic E-state index is 12.3. The zero-order valence-corrected chi connectivity index (χ0v) is 14.5. The molecule has 1 amide bonds. The Morgan fingerprint density at radius 2 is 1.95 bits per heavy atom.